The van der Waals surface area contributed by atoms with Crippen molar-refractivity contribution in [2.24, 2.45) is 0 Å². The van der Waals surface area contributed by atoms with E-state index >= 15 is 0 Å². The van der Waals surface area contributed by atoms with Crippen LogP contribution in [0.25, 0.3) is 10.9 Å². The van der Waals surface area contributed by atoms with Gasteiger partial charge in [-0.25, -0.2) is 18.6 Å². The van der Waals surface area contributed by atoms with Crippen molar-refractivity contribution in [3.8, 4) is 0 Å². The van der Waals surface area contributed by atoms with Crippen molar-refractivity contribution in [2.75, 3.05) is 36.4 Å². The van der Waals surface area contributed by atoms with Gasteiger partial charge in [0.05, 0.1) is 0 Å². The maximum atomic E-state index is 13.6. The lowest BCUT2D eigenvalue weighted by atomic mass is 9.89. The quantitative estimate of drug-likeness (QED) is 0.373. The van der Waals surface area contributed by atoms with Crippen molar-refractivity contribution in [2.45, 2.75) is 18.8 Å². The molecule has 1 aliphatic heterocycles. The number of benzene rings is 2. The molecular weight excluding hydrogens is 448 g/mol. The molecule has 0 bridgehead atoms. The number of fused-ring (bicyclic) bond motifs is 1. The Kier molecular flexibility index (Phi) is 6.72. The maximum absolute atomic E-state index is 13.6. The van der Waals surface area contributed by atoms with Gasteiger partial charge in [-0.15, -0.1) is 0 Å². The average Bonchev–Trinajstić information content (AvgIpc) is 3.28. The molecule has 0 radical (unpaired) electrons. The number of urea groups is 1. The zero-order valence-electron chi connectivity index (χ0n) is 19.3. The third-order valence-electron chi connectivity index (χ3n) is 6.59. The minimum Gasteiger partial charge on any atom is -0.361 e. The molecule has 2 aromatic carbocycles. The van der Waals surface area contributed by atoms with Crippen LogP contribution >= 0.6 is 0 Å². The van der Waals surface area contributed by atoms with Crippen LogP contribution in [0.4, 0.5) is 25.1 Å². The second kappa shape index (κ2) is 10.2. The lowest BCUT2D eigenvalue weighted by Crippen LogP contribution is -2.43. The van der Waals surface area contributed by atoms with E-state index in [-0.39, 0.29) is 11.8 Å². The van der Waals surface area contributed by atoms with Crippen LogP contribution in [0.5, 0.6) is 0 Å². The van der Waals surface area contributed by atoms with Gasteiger partial charge in [-0.3, -0.25) is 4.90 Å². The monoisotopic (exact) mass is 475 g/mol. The highest BCUT2D eigenvalue weighted by Crippen LogP contribution is 2.33. The zero-order chi connectivity index (χ0) is 24.2. The van der Waals surface area contributed by atoms with Gasteiger partial charge in [-0.2, -0.15) is 0 Å². The molecule has 5 rings (SSSR count). The summed E-state index contributed by atoms with van der Waals surface area (Å²) < 4.78 is 27.1. The van der Waals surface area contributed by atoms with E-state index in [1.807, 2.05) is 18.3 Å². The van der Waals surface area contributed by atoms with Crippen LogP contribution in [0.15, 0.2) is 73.1 Å². The van der Waals surface area contributed by atoms with Crippen LogP contribution in [0.3, 0.4) is 0 Å². The van der Waals surface area contributed by atoms with Gasteiger partial charge in [0.2, 0.25) is 0 Å². The van der Waals surface area contributed by atoms with Crippen LogP contribution in [0.1, 0.15) is 24.3 Å². The second-order valence-corrected chi connectivity index (χ2v) is 8.83. The van der Waals surface area contributed by atoms with Crippen LogP contribution < -0.4 is 10.2 Å². The summed E-state index contributed by atoms with van der Waals surface area (Å²) in [6.07, 6.45) is 5.63. The molecule has 35 heavy (non-hydrogen) atoms. The molecule has 1 saturated heterocycles. The van der Waals surface area contributed by atoms with Crippen molar-refractivity contribution in [3.63, 3.8) is 0 Å². The number of aromatic nitrogens is 2. The molecule has 2 aromatic heterocycles. The molecule has 1 aliphatic rings. The molecule has 180 valence electrons. The van der Waals surface area contributed by atoms with Crippen LogP contribution in [0.2, 0.25) is 0 Å². The van der Waals surface area contributed by atoms with Crippen molar-refractivity contribution >= 4 is 28.4 Å². The maximum Gasteiger partial charge on any atom is 0.327 e. The fourth-order valence-corrected chi connectivity index (χ4v) is 4.76. The molecule has 6 nitrogen and oxygen atoms in total. The van der Waals surface area contributed by atoms with Gasteiger partial charge in [-0.05, 0) is 85.9 Å². The molecule has 1 fully saturated rings. The minimum atomic E-state index is -0.407. The summed E-state index contributed by atoms with van der Waals surface area (Å²) in [6.45, 7) is 2.95. The topological polar surface area (TPSA) is 64.3 Å². The van der Waals surface area contributed by atoms with Gasteiger partial charge in [-0.1, -0.05) is 12.1 Å². The normalized spacial score (nSPS) is 14.8. The zero-order valence-corrected chi connectivity index (χ0v) is 19.3. The number of aromatic amines is 1. The first-order valence-electron chi connectivity index (χ1n) is 11.8. The summed E-state index contributed by atoms with van der Waals surface area (Å²) in [6, 6.07) is 15.8. The van der Waals surface area contributed by atoms with E-state index in [9.17, 15) is 13.6 Å². The summed E-state index contributed by atoms with van der Waals surface area (Å²) in [4.78, 5) is 24.5. The van der Waals surface area contributed by atoms with Gasteiger partial charge in [0.15, 0.2) is 0 Å². The first kappa shape index (κ1) is 23.0. The highest BCUT2D eigenvalue weighted by atomic mass is 19.1. The lowest BCUT2D eigenvalue weighted by molar-refractivity contribution is 0.215. The summed E-state index contributed by atoms with van der Waals surface area (Å²) in [5, 5.41) is 3.86. The third-order valence-corrected chi connectivity index (χ3v) is 6.59. The molecule has 2 N–H and O–H groups in total. The van der Waals surface area contributed by atoms with E-state index in [0.29, 0.717) is 30.5 Å². The standard InChI is InChI=1S/C27H27F2N5O/c28-20-4-3-5-22(16-20)32-27(35)34(26-6-1-2-11-30-26)15-14-33-12-9-19(10-13-33)24-18-31-25-17-21(29)7-8-23(24)25/h1-8,11,16-19,31H,9-10,12-15H2,(H,32,35). The Morgan fingerprint density at radius 3 is 2.66 bits per heavy atom. The highest BCUT2D eigenvalue weighted by Gasteiger charge is 2.24. The van der Waals surface area contributed by atoms with E-state index in [4.69, 9.17) is 0 Å². The fraction of sp³-hybridized carbons (Fsp3) is 0.259. The summed E-state index contributed by atoms with van der Waals surface area (Å²) in [7, 11) is 0. The van der Waals surface area contributed by atoms with E-state index in [1.54, 1.807) is 35.4 Å². The number of rotatable bonds is 6. The lowest BCUT2D eigenvalue weighted by Gasteiger charge is -2.33. The number of H-pyrrole nitrogens is 1. The highest BCUT2D eigenvalue weighted by molar-refractivity contribution is 6.01. The minimum absolute atomic E-state index is 0.236. The van der Waals surface area contributed by atoms with Crippen molar-refractivity contribution in [1.82, 2.24) is 14.9 Å². The molecule has 0 atom stereocenters. The predicted octanol–water partition coefficient (Wildman–Crippen LogP) is 5.76. The molecule has 0 spiro atoms. The third kappa shape index (κ3) is 5.33. The number of likely N-dealkylation sites (tertiary alicyclic amines) is 1. The number of halogens is 2. The van der Waals surface area contributed by atoms with Gasteiger partial charge in [0.1, 0.15) is 17.5 Å². The number of carbonyl (C=O) groups excluding carboxylic acids is 1. The molecular formula is C27H27F2N5O. The van der Waals surface area contributed by atoms with E-state index in [0.717, 1.165) is 36.8 Å². The van der Waals surface area contributed by atoms with Gasteiger partial charge in [0, 0.05) is 42.1 Å². The Labute approximate surface area is 202 Å². The number of amides is 2. The average molecular weight is 476 g/mol. The van der Waals surface area contributed by atoms with Crippen LogP contribution in [0, 0.1) is 11.6 Å². The molecule has 3 heterocycles. The van der Waals surface area contributed by atoms with Crippen LogP contribution in [-0.2, 0) is 0 Å². The van der Waals surface area contributed by atoms with E-state index in [1.165, 1.54) is 29.8 Å². The molecule has 4 aromatic rings. The number of carbonyl (C=O) groups is 1. The number of piperidine rings is 1. The number of hydrogen-bond donors (Lipinski definition) is 2. The smallest absolute Gasteiger partial charge is 0.327 e. The van der Waals surface area contributed by atoms with Crippen molar-refractivity contribution < 1.29 is 13.6 Å². The van der Waals surface area contributed by atoms with Gasteiger partial charge < -0.3 is 15.2 Å². The summed E-state index contributed by atoms with van der Waals surface area (Å²) in [5.74, 6) is 0.311. The first-order valence-corrected chi connectivity index (χ1v) is 11.8. The van der Waals surface area contributed by atoms with Crippen molar-refractivity contribution in [1.29, 1.82) is 0 Å². The summed E-state index contributed by atoms with van der Waals surface area (Å²) >= 11 is 0. The molecule has 2 amide bonds. The molecule has 8 heteroatoms. The number of pyridine rings is 1. The summed E-state index contributed by atoms with van der Waals surface area (Å²) in [5.41, 5.74) is 2.47. The van der Waals surface area contributed by atoms with Gasteiger partial charge >= 0.3 is 6.03 Å². The fourth-order valence-electron chi connectivity index (χ4n) is 4.76. The first-order chi connectivity index (χ1) is 17.1. The van der Waals surface area contributed by atoms with E-state index < -0.39 is 5.82 Å². The Morgan fingerprint density at radius 1 is 1.06 bits per heavy atom. The molecule has 0 saturated carbocycles. The largest absolute Gasteiger partial charge is 0.361 e. The number of anilines is 2. The number of nitrogens with one attached hydrogen (secondary N) is 2. The Balaban J connectivity index is 1.22. The number of hydrogen-bond acceptors (Lipinski definition) is 3. The number of nitrogens with zero attached hydrogens (tertiary/aromatic N) is 3. The van der Waals surface area contributed by atoms with Crippen LogP contribution in [-0.4, -0.2) is 47.1 Å². The Morgan fingerprint density at radius 2 is 1.89 bits per heavy atom. The Hall–Kier alpha value is -3.78. The SMILES string of the molecule is O=C(Nc1cccc(F)c1)N(CCN1CCC(c2c[nH]c3cc(F)ccc23)CC1)c1ccccn1. The van der Waals surface area contributed by atoms with E-state index in [2.05, 4.69) is 20.2 Å². The second-order valence-electron chi connectivity index (χ2n) is 8.83. The van der Waals surface area contributed by atoms with Gasteiger partial charge in [0.25, 0.3) is 0 Å². The molecule has 0 unspecified atom stereocenters. The Bertz CT molecular complexity index is 1300. The van der Waals surface area contributed by atoms with Crippen molar-refractivity contribution in [3.05, 3.63) is 90.3 Å². The predicted molar refractivity (Wildman–Crippen MR) is 134 cm³/mol. The molecule has 0 aliphatic carbocycles.